The number of aromatic nitrogens is 3. The number of halogens is 1. The molecule has 0 unspecified atom stereocenters. The van der Waals surface area contributed by atoms with Crippen LogP contribution in [-0.2, 0) is 6.54 Å². The Morgan fingerprint density at radius 3 is 2.65 bits per heavy atom. The molecule has 2 atom stereocenters. The van der Waals surface area contributed by atoms with Crippen molar-refractivity contribution in [3.05, 3.63) is 70.5 Å². The highest BCUT2D eigenvalue weighted by Crippen LogP contribution is 2.42. The first-order chi connectivity index (χ1) is 17.8. The van der Waals surface area contributed by atoms with Crippen LogP contribution in [0.3, 0.4) is 0 Å². The van der Waals surface area contributed by atoms with Crippen LogP contribution in [0.15, 0.2) is 48.8 Å². The maximum Gasteiger partial charge on any atom is 0.227 e. The quantitative estimate of drug-likeness (QED) is 0.272. The minimum atomic E-state index is 0.113. The van der Waals surface area contributed by atoms with E-state index in [0.717, 1.165) is 41.8 Å². The van der Waals surface area contributed by atoms with Crippen LogP contribution in [0.4, 0.5) is 11.6 Å². The number of aryl methyl sites for hydroxylation is 1. The SMILES string of the molecule is Cc1ccc2c(-c3nc(Nc4cc(CN5C[C@@H](C)N(O)[C@@H](C)C5)cc(C5CC5)c4)ncc3Cl)c[nH]c2c1. The molecule has 6 rings (SSSR count). The summed E-state index contributed by atoms with van der Waals surface area (Å²) in [5.41, 5.74) is 7.55. The predicted molar refractivity (Wildman–Crippen MR) is 149 cm³/mol. The number of hydrogen-bond acceptors (Lipinski definition) is 6. The zero-order chi connectivity index (χ0) is 25.7. The summed E-state index contributed by atoms with van der Waals surface area (Å²) in [5.74, 6) is 1.15. The van der Waals surface area contributed by atoms with E-state index in [1.807, 2.05) is 6.20 Å². The van der Waals surface area contributed by atoms with Gasteiger partial charge in [-0.3, -0.25) is 4.90 Å². The summed E-state index contributed by atoms with van der Waals surface area (Å²) in [6.07, 6.45) is 6.10. The number of rotatable bonds is 6. The van der Waals surface area contributed by atoms with E-state index in [4.69, 9.17) is 16.6 Å². The largest absolute Gasteiger partial charge is 0.360 e. The van der Waals surface area contributed by atoms with Crippen molar-refractivity contribution in [2.24, 2.45) is 0 Å². The molecule has 0 spiro atoms. The van der Waals surface area contributed by atoms with Crippen molar-refractivity contribution in [3.8, 4) is 11.3 Å². The molecular formula is C29H33ClN6O. The maximum atomic E-state index is 10.2. The van der Waals surface area contributed by atoms with E-state index in [0.29, 0.717) is 22.6 Å². The Hall–Kier alpha value is -2.97. The summed E-state index contributed by atoms with van der Waals surface area (Å²) in [7, 11) is 0. The summed E-state index contributed by atoms with van der Waals surface area (Å²) in [6, 6.07) is 13.3. The average molecular weight is 517 g/mol. The standard InChI is InChI=1S/C29H33ClN6O/c1-17-4-7-24-25(12-31-27(24)8-17)28-26(30)13-32-29(34-28)33-23-10-20(9-22(11-23)21-5-6-21)16-35-14-18(2)36(37)19(3)15-35/h4,7-13,18-19,21,31,37H,5-6,14-16H2,1-3H3,(H,32,33,34)/t18-,19+. The van der Waals surface area contributed by atoms with Crippen molar-refractivity contribution >= 4 is 34.1 Å². The molecule has 2 aromatic heterocycles. The van der Waals surface area contributed by atoms with Crippen molar-refractivity contribution in [1.29, 1.82) is 0 Å². The summed E-state index contributed by atoms with van der Waals surface area (Å²) >= 11 is 6.57. The second-order valence-electron chi connectivity index (χ2n) is 10.8. The second-order valence-corrected chi connectivity index (χ2v) is 11.2. The molecule has 3 N–H and O–H groups in total. The lowest BCUT2D eigenvalue weighted by molar-refractivity contribution is -0.181. The number of H-pyrrole nitrogens is 1. The van der Waals surface area contributed by atoms with Crippen LogP contribution < -0.4 is 5.32 Å². The number of nitrogens with zero attached hydrogens (tertiary/aromatic N) is 4. The number of nitrogens with one attached hydrogen (secondary N) is 2. The van der Waals surface area contributed by atoms with Gasteiger partial charge < -0.3 is 15.5 Å². The van der Waals surface area contributed by atoms with E-state index in [1.54, 1.807) is 6.20 Å². The Labute approximate surface area is 222 Å². The van der Waals surface area contributed by atoms with E-state index >= 15 is 0 Å². The molecule has 2 aromatic carbocycles. The van der Waals surface area contributed by atoms with Crippen LogP contribution in [0.25, 0.3) is 22.2 Å². The molecule has 0 bridgehead atoms. The van der Waals surface area contributed by atoms with Gasteiger partial charge in [0.15, 0.2) is 0 Å². The third-order valence-electron chi connectivity index (χ3n) is 7.51. The fourth-order valence-corrected chi connectivity index (χ4v) is 5.72. The topological polar surface area (TPSA) is 80.3 Å². The minimum absolute atomic E-state index is 0.113. The smallest absolute Gasteiger partial charge is 0.227 e. The van der Waals surface area contributed by atoms with Gasteiger partial charge in [-0.25, -0.2) is 9.97 Å². The lowest BCUT2D eigenvalue weighted by atomic mass is 10.0. The Kier molecular flexibility index (Phi) is 6.41. The summed E-state index contributed by atoms with van der Waals surface area (Å²) in [4.78, 5) is 15.1. The van der Waals surface area contributed by atoms with Crippen molar-refractivity contribution in [1.82, 2.24) is 24.9 Å². The van der Waals surface area contributed by atoms with Crippen LogP contribution in [0.1, 0.15) is 49.3 Å². The van der Waals surface area contributed by atoms with E-state index in [-0.39, 0.29) is 12.1 Å². The summed E-state index contributed by atoms with van der Waals surface area (Å²) < 4.78 is 0. The van der Waals surface area contributed by atoms with Crippen LogP contribution >= 0.6 is 11.6 Å². The number of hydroxylamine groups is 2. The van der Waals surface area contributed by atoms with Crippen molar-refractivity contribution in [2.75, 3.05) is 18.4 Å². The molecular weight excluding hydrogens is 484 g/mol. The first-order valence-corrected chi connectivity index (χ1v) is 13.4. The monoisotopic (exact) mass is 516 g/mol. The van der Waals surface area contributed by atoms with E-state index < -0.39 is 0 Å². The Morgan fingerprint density at radius 2 is 1.89 bits per heavy atom. The van der Waals surface area contributed by atoms with Crippen LogP contribution in [0.2, 0.25) is 5.02 Å². The highest BCUT2D eigenvalue weighted by atomic mass is 35.5. The van der Waals surface area contributed by atoms with Crippen LogP contribution in [-0.4, -0.2) is 55.3 Å². The van der Waals surface area contributed by atoms with E-state index in [1.165, 1.54) is 34.6 Å². The lowest BCUT2D eigenvalue weighted by Gasteiger charge is -2.40. The summed E-state index contributed by atoms with van der Waals surface area (Å²) in [6.45, 7) is 8.74. The molecule has 1 aliphatic heterocycles. The Balaban J connectivity index is 1.28. The van der Waals surface area contributed by atoms with Crippen molar-refractivity contribution in [2.45, 2.75) is 58.2 Å². The van der Waals surface area contributed by atoms with Crippen molar-refractivity contribution < 1.29 is 5.21 Å². The van der Waals surface area contributed by atoms with E-state index in [9.17, 15) is 5.21 Å². The van der Waals surface area contributed by atoms with Gasteiger partial charge in [-0.1, -0.05) is 29.8 Å². The van der Waals surface area contributed by atoms with E-state index in [2.05, 4.69) is 77.4 Å². The number of hydrogen-bond donors (Lipinski definition) is 3. The fraction of sp³-hybridized carbons (Fsp3) is 0.379. The number of aromatic amines is 1. The van der Waals surface area contributed by atoms with Gasteiger partial charge in [-0.2, -0.15) is 5.06 Å². The normalized spacial score (nSPS) is 21.0. The molecule has 0 radical (unpaired) electrons. The van der Waals surface area contributed by atoms with Gasteiger partial charge in [-0.15, -0.1) is 0 Å². The molecule has 4 aromatic rings. The number of fused-ring (bicyclic) bond motifs is 1. The van der Waals surface area contributed by atoms with Gasteiger partial charge in [0.25, 0.3) is 0 Å². The van der Waals surface area contributed by atoms with Gasteiger partial charge in [-0.05, 0) is 74.4 Å². The van der Waals surface area contributed by atoms with Gasteiger partial charge in [0, 0.05) is 60.1 Å². The molecule has 3 heterocycles. The first kappa shape index (κ1) is 24.4. The molecule has 1 saturated heterocycles. The Bertz CT molecular complexity index is 1440. The highest BCUT2D eigenvalue weighted by molar-refractivity contribution is 6.33. The van der Waals surface area contributed by atoms with Crippen LogP contribution in [0.5, 0.6) is 0 Å². The van der Waals surface area contributed by atoms with Crippen LogP contribution in [0, 0.1) is 6.92 Å². The number of anilines is 2. The lowest BCUT2D eigenvalue weighted by Crippen LogP contribution is -2.54. The summed E-state index contributed by atoms with van der Waals surface area (Å²) in [5, 5.41) is 16.8. The molecule has 0 amide bonds. The molecule has 2 fully saturated rings. The fourth-order valence-electron chi connectivity index (χ4n) is 5.53. The van der Waals surface area contributed by atoms with Gasteiger partial charge in [0.05, 0.1) is 16.9 Å². The molecule has 1 aliphatic carbocycles. The molecule has 7 nitrogen and oxygen atoms in total. The molecule has 2 aliphatic rings. The highest BCUT2D eigenvalue weighted by Gasteiger charge is 2.29. The minimum Gasteiger partial charge on any atom is -0.360 e. The Morgan fingerprint density at radius 1 is 1.11 bits per heavy atom. The molecule has 192 valence electrons. The molecule has 8 heteroatoms. The zero-order valence-electron chi connectivity index (χ0n) is 21.5. The van der Waals surface area contributed by atoms with Gasteiger partial charge in [0.2, 0.25) is 5.95 Å². The van der Waals surface area contributed by atoms with Crippen molar-refractivity contribution in [3.63, 3.8) is 0 Å². The zero-order valence-corrected chi connectivity index (χ0v) is 22.3. The molecule has 37 heavy (non-hydrogen) atoms. The molecule has 1 saturated carbocycles. The number of benzene rings is 2. The number of piperazine rings is 1. The third-order valence-corrected chi connectivity index (χ3v) is 7.79. The van der Waals surface area contributed by atoms with Gasteiger partial charge >= 0.3 is 0 Å². The third kappa shape index (κ3) is 5.09. The average Bonchev–Trinajstić information content (AvgIpc) is 3.64. The predicted octanol–water partition coefficient (Wildman–Crippen LogP) is 6.49. The maximum absolute atomic E-state index is 10.2. The van der Waals surface area contributed by atoms with Gasteiger partial charge in [0.1, 0.15) is 0 Å². The first-order valence-electron chi connectivity index (χ1n) is 13.0. The second kappa shape index (κ2) is 9.72.